The van der Waals surface area contributed by atoms with E-state index in [1.807, 2.05) is 44.2 Å². The number of anilines is 1. The minimum atomic E-state index is 0.279. The van der Waals surface area contributed by atoms with Crippen molar-refractivity contribution >= 4 is 23.3 Å². The Morgan fingerprint density at radius 3 is 2.17 bits per heavy atom. The van der Waals surface area contributed by atoms with Gasteiger partial charge in [0, 0.05) is 22.5 Å². The Balaban J connectivity index is 1.86. The molecular weight excluding hydrogens is 362 g/mol. The van der Waals surface area contributed by atoms with Crippen LogP contribution in [-0.4, -0.2) is 21.6 Å². The third kappa shape index (κ3) is 3.58. The molecule has 0 saturated carbocycles. The molecular formula is C22H15N7. The van der Waals surface area contributed by atoms with Crippen molar-refractivity contribution in [2.75, 3.05) is 5.32 Å². The summed E-state index contributed by atoms with van der Waals surface area (Å²) in [5.74, 6) is 2.10. The van der Waals surface area contributed by atoms with Crippen LogP contribution >= 0.6 is 0 Å². The van der Waals surface area contributed by atoms with Crippen molar-refractivity contribution in [3.63, 3.8) is 0 Å². The van der Waals surface area contributed by atoms with Crippen molar-refractivity contribution in [1.82, 2.24) is 9.97 Å². The van der Waals surface area contributed by atoms with Crippen molar-refractivity contribution in [2.24, 2.45) is 9.98 Å². The maximum absolute atomic E-state index is 9.41. The molecule has 0 fully saturated rings. The number of nitriles is 2. The van der Waals surface area contributed by atoms with Gasteiger partial charge in [-0.3, -0.25) is 0 Å². The van der Waals surface area contributed by atoms with Crippen LogP contribution in [0.15, 0.2) is 58.5 Å². The number of aryl methyl sites for hydroxylation is 2. The van der Waals surface area contributed by atoms with E-state index >= 15 is 0 Å². The second-order valence-electron chi connectivity index (χ2n) is 6.49. The normalized spacial score (nSPS) is 13.4. The van der Waals surface area contributed by atoms with Crippen molar-refractivity contribution < 1.29 is 0 Å². The van der Waals surface area contributed by atoms with Gasteiger partial charge in [-0.1, -0.05) is 12.1 Å². The third-order valence-electron chi connectivity index (χ3n) is 4.34. The SMILES string of the molecule is Cc1cccc(/N=C2/N=C(Nc3cccc(C)n3)c3cc(C#N)c(C#N)cc32)n1. The molecule has 7 nitrogen and oxygen atoms in total. The van der Waals surface area contributed by atoms with Crippen LogP contribution in [0.5, 0.6) is 0 Å². The standard InChI is InChI=1S/C22H15N7/c1-13-5-3-7-19(25-13)27-21-17-9-15(11-23)16(12-24)10-18(17)22(29-21)28-20-8-4-6-14(2)26-20/h3-10H,1-2H3,(H,25,26,27,28,29). The Labute approximate surface area is 167 Å². The molecule has 1 aliphatic heterocycles. The molecule has 29 heavy (non-hydrogen) atoms. The van der Waals surface area contributed by atoms with E-state index in [1.54, 1.807) is 18.2 Å². The number of aromatic nitrogens is 2. The number of amidine groups is 2. The smallest absolute Gasteiger partial charge is 0.164 e. The predicted octanol–water partition coefficient (Wildman–Crippen LogP) is 3.79. The molecule has 1 N–H and O–H groups in total. The average Bonchev–Trinajstić information content (AvgIpc) is 3.03. The summed E-state index contributed by atoms with van der Waals surface area (Å²) in [4.78, 5) is 18.0. The summed E-state index contributed by atoms with van der Waals surface area (Å²) in [6.07, 6.45) is 0. The Bertz CT molecular complexity index is 1270. The molecule has 7 heteroatoms. The summed E-state index contributed by atoms with van der Waals surface area (Å²) in [6.45, 7) is 3.79. The molecule has 3 aromatic rings. The first-order valence-corrected chi connectivity index (χ1v) is 8.88. The maximum atomic E-state index is 9.41. The van der Waals surface area contributed by atoms with Crippen LogP contribution < -0.4 is 5.32 Å². The van der Waals surface area contributed by atoms with Gasteiger partial charge >= 0.3 is 0 Å². The Hall–Kier alpha value is -4.36. The van der Waals surface area contributed by atoms with Gasteiger partial charge in [0.15, 0.2) is 11.7 Å². The van der Waals surface area contributed by atoms with E-state index < -0.39 is 0 Å². The van der Waals surface area contributed by atoms with Crippen LogP contribution in [0.1, 0.15) is 33.6 Å². The van der Waals surface area contributed by atoms with Gasteiger partial charge in [-0.2, -0.15) is 10.5 Å². The van der Waals surface area contributed by atoms with Crippen LogP contribution in [-0.2, 0) is 0 Å². The molecule has 1 aliphatic rings. The molecule has 1 aromatic carbocycles. The van der Waals surface area contributed by atoms with Gasteiger partial charge in [0.1, 0.15) is 23.8 Å². The van der Waals surface area contributed by atoms with E-state index in [4.69, 9.17) is 0 Å². The number of hydrogen-bond donors (Lipinski definition) is 1. The van der Waals surface area contributed by atoms with E-state index in [0.29, 0.717) is 34.4 Å². The van der Waals surface area contributed by atoms with Gasteiger partial charge in [-0.05, 0) is 50.2 Å². The zero-order valence-corrected chi connectivity index (χ0v) is 15.8. The summed E-state index contributed by atoms with van der Waals surface area (Å²) < 4.78 is 0. The zero-order valence-electron chi connectivity index (χ0n) is 15.8. The van der Waals surface area contributed by atoms with Crippen LogP contribution in [0.25, 0.3) is 0 Å². The second-order valence-corrected chi connectivity index (χ2v) is 6.49. The molecule has 0 unspecified atom stereocenters. The van der Waals surface area contributed by atoms with Gasteiger partial charge in [-0.25, -0.2) is 20.0 Å². The number of rotatable bonds is 2. The molecule has 3 heterocycles. The minimum Gasteiger partial charge on any atom is -0.324 e. The number of fused-ring (bicyclic) bond motifs is 1. The lowest BCUT2D eigenvalue weighted by Gasteiger charge is -2.08. The fourth-order valence-corrected chi connectivity index (χ4v) is 3.01. The lowest BCUT2D eigenvalue weighted by atomic mass is 9.99. The number of nitrogens with one attached hydrogen (secondary N) is 1. The number of pyridine rings is 2. The highest BCUT2D eigenvalue weighted by molar-refractivity contribution is 6.26. The number of nitrogens with zero attached hydrogens (tertiary/aromatic N) is 6. The highest BCUT2D eigenvalue weighted by Crippen LogP contribution is 2.26. The number of hydrogen-bond acceptors (Lipinski definition) is 6. The zero-order chi connectivity index (χ0) is 20.4. The van der Waals surface area contributed by atoms with Crippen LogP contribution in [0.2, 0.25) is 0 Å². The fourth-order valence-electron chi connectivity index (χ4n) is 3.01. The minimum absolute atomic E-state index is 0.279. The molecule has 0 saturated heterocycles. The Morgan fingerprint density at radius 2 is 1.52 bits per heavy atom. The highest BCUT2D eigenvalue weighted by Gasteiger charge is 2.25. The number of benzene rings is 1. The van der Waals surface area contributed by atoms with Gasteiger partial charge in [0.05, 0.1) is 11.1 Å². The topological polar surface area (TPSA) is 110 Å². The summed E-state index contributed by atoms with van der Waals surface area (Å²) >= 11 is 0. The van der Waals surface area contributed by atoms with Gasteiger partial charge in [-0.15, -0.1) is 0 Å². The largest absolute Gasteiger partial charge is 0.324 e. The molecule has 4 rings (SSSR count). The molecule has 0 amide bonds. The van der Waals surface area contributed by atoms with Gasteiger partial charge in [0.25, 0.3) is 0 Å². The quantitative estimate of drug-likeness (QED) is 0.730. The van der Waals surface area contributed by atoms with Gasteiger partial charge < -0.3 is 5.32 Å². The second kappa shape index (κ2) is 7.34. The maximum Gasteiger partial charge on any atom is 0.164 e. The van der Waals surface area contributed by atoms with Crippen LogP contribution in [0, 0.1) is 36.5 Å². The Morgan fingerprint density at radius 1 is 0.862 bits per heavy atom. The lowest BCUT2D eigenvalue weighted by molar-refractivity contribution is 1.18. The first-order valence-electron chi connectivity index (χ1n) is 8.88. The third-order valence-corrected chi connectivity index (χ3v) is 4.34. The summed E-state index contributed by atoms with van der Waals surface area (Å²) in [5.41, 5.74) is 3.63. The van der Waals surface area contributed by atoms with Gasteiger partial charge in [0.2, 0.25) is 0 Å². The first kappa shape index (κ1) is 18.0. The average molecular weight is 377 g/mol. The number of aliphatic imine (C=N–C) groups is 2. The molecule has 2 aromatic heterocycles. The van der Waals surface area contributed by atoms with E-state index in [0.717, 1.165) is 11.4 Å². The monoisotopic (exact) mass is 377 g/mol. The summed E-state index contributed by atoms with van der Waals surface area (Å²) in [5, 5.41) is 22.0. The van der Waals surface area contributed by atoms with E-state index in [-0.39, 0.29) is 11.1 Å². The van der Waals surface area contributed by atoms with Crippen molar-refractivity contribution in [3.8, 4) is 12.1 Å². The lowest BCUT2D eigenvalue weighted by Crippen LogP contribution is -2.13. The predicted molar refractivity (Wildman–Crippen MR) is 110 cm³/mol. The highest BCUT2D eigenvalue weighted by atomic mass is 15.1. The van der Waals surface area contributed by atoms with E-state index in [9.17, 15) is 10.5 Å². The Kier molecular flexibility index (Phi) is 4.56. The molecule has 0 radical (unpaired) electrons. The fraction of sp³-hybridized carbons (Fsp3) is 0.0909. The van der Waals surface area contributed by atoms with E-state index in [1.165, 1.54) is 0 Å². The molecule has 0 bridgehead atoms. The summed E-state index contributed by atoms with van der Waals surface area (Å²) in [7, 11) is 0. The van der Waals surface area contributed by atoms with Crippen molar-refractivity contribution in [1.29, 1.82) is 10.5 Å². The first-order chi connectivity index (χ1) is 14.1. The molecule has 0 aliphatic carbocycles. The van der Waals surface area contributed by atoms with Crippen molar-refractivity contribution in [2.45, 2.75) is 13.8 Å². The van der Waals surface area contributed by atoms with Crippen molar-refractivity contribution in [3.05, 3.63) is 82.2 Å². The van der Waals surface area contributed by atoms with E-state index in [2.05, 4.69) is 37.4 Å². The molecule has 138 valence electrons. The molecule has 0 spiro atoms. The van der Waals surface area contributed by atoms with Crippen LogP contribution in [0.3, 0.4) is 0 Å². The summed E-state index contributed by atoms with van der Waals surface area (Å²) in [6, 6.07) is 18.6. The molecule has 0 atom stereocenters. The van der Waals surface area contributed by atoms with Crippen LogP contribution in [0.4, 0.5) is 11.6 Å².